The molecule has 0 unspecified atom stereocenters. The second kappa shape index (κ2) is 5.65. The number of carbonyl (C=O) groups excluding carboxylic acids is 2. The monoisotopic (exact) mass is 272 g/mol. The van der Waals surface area contributed by atoms with Crippen molar-refractivity contribution < 1.29 is 9.59 Å². The quantitative estimate of drug-likeness (QED) is 0.829. The SMILES string of the molecule is O=C(c1cccc(N2CCCC2=O)c1)N1CCCCC1. The fraction of sp³-hybridized carbons (Fsp3) is 0.500. The minimum Gasteiger partial charge on any atom is -0.339 e. The molecule has 2 heterocycles. The molecule has 1 aromatic carbocycles. The van der Waals surface area contributed by atoms with Crippen LogP contribution in [0.3, 0.4) is 0 Å². The van der Waals surface area contributed by atoms with E-state index in [1.165, 1.54) is 6.42 Å². The molecule has 0 bridgehead atoms. The van der Waals surface area contributed by atoms with Crippen LogP contribution in [0.25, 0.3) is 0 Å². The number of carbonyl (C=O) groups is 2. The Morgan fingerprint density at radius 1 is 1.00 bits per heavy atom. The molecule has 0 aliphatic carbocycles. The van der Waals surface area contributed by atoms with E-state index in [1.807, 2.05) is 29.2 Å². The van der Waals surface area contributed by atoms with Crippen molar-refractivity contribution >= 4 is 17.5 Å². The molecule has 1 aromatic rings. The molecule has 4 nitrogen and oxygen atoms in total. The molecule has 2 amide bonds. The van der Waals surface area contributed by atoms with Crippen LogP contribution >= 0.6 is 0 Å². The molecule has 2 aliphatic rings. The number of rotatable bonds is 2. The first kappa shape index (κ1) is 13.2. The van der Waals surface area contributed by atoms with Crippen LogP contribution in [0.5, 0.6) is 0 Å². The third kappa shape index (κ3) is 2.55. The highest BCUT2D eigenvalue weighted by molar-refractivity contribution is 5.99. The topological polar surface area (TPSA) is 40.6 Å². The standard InChI is InChI=1S/C16H20N2O2/c19-15-8-5-11-18(15)14-7-4-6-13(12-14)16(20)17-9-2-1-3-10-17/h4,6-7,12H,1-3,5,8-11H2. The fourth-order valence-corrected chi connectivity index (χ4v) is 3.01. The van der Waals surface area contributed by atoms with Gasteiger partial charge in [0, 0.05) is 37.3 Å². The maximum absolute atomic E-state index is 12.5. The predicted octanol–water partition coefficient (Wildman–Crippen LogP) is 2.44. The van der Waals surface area contributed by atoms with Gasteiger partial charge in [-0.25, -0.2) is 0 Å². The lowest BCUT2D eigenvalue weighted by Crippen LogP contribution is -2.35. The van der Waals surface area contributed by atoms with Crippen LogP contribution in [0.1, 0.15) is 42.5 Å². The Hall–Kier alpha value is -1.84. The number of piperidine rings is 1. The van der Waals surface area contributed by atoms with Crippen molar-refractivity contribution in [2.24, 2.45) is 0 Å². The number of benzene rings is 1. The van der Waals surface area contributed by atoms with E-state index in [0.29, 0.717) is 12.0 Å². The number of nitrogens with zero attached hydrogens (tertiary/aromatic N) is 2. The Morgan fingerprint density at radius 3 is 2.50 bits per heavy atom. The minimum absolute atomic E-state index is 0.0956. The summed E-state index contributed by atoms with van der Waals surface area (Å²) < 4.78 is 0. The molecule has 20 heavy (non-hydrogen) atoms. The highest BCUT2D eigenvalue weighted by Gasteiger charge is 2.23. The number of likely N-dealkylation sites (tertiary alicyclic amines) is 1. The molecule has 0 spiro atoms. The van der Waals surface area contributed by atoms with Gasteiger partial charge in [0.25, 0.3) is 5.91 Å². The molecule has 0 saturated carbocycles. The van der Waals surface area contributed by atoms with E-state index in [0.717, 1.165) is 44.6 Å². The van der Waals surface area contributed by atoms with E-state index >= 15 is 0 Å². The summed E-state index contributed by atoms with van der Waals surface area (Å²) >= 11 is 0. The molecule has 2 aliphatic heterocycles. The van der Waals surface area contributed by atoms with Gasteiger partial charge in [-0.1, -0.05) is 6.07 Å². The van der Waals surface area contributed by atoms with Crippen molar-refractivity contribution in [1.29, 1.82) is 0 Å². The zero-order valence-corrected chi connectivity index (χ0v) is 11.7. The summed E-state index contributed by atoms with van der Waals surface area (Å²) in [6.45, 7) is 2.47. The van der Waals surface area contributed by atoms with Crippen molar-refractivity contribution in [2.45, 2.75) is 32.1 Å². The van der Waals surface area contributed by atoms with E-state index < -0.39 is 0 Å². The van der Waals surface area contributed by atoms with Gasteiger partial charge in [0.2, 0.25) is 5.91 Å². The molecule has 4 heteroatoms. The highest BCUT2D eigenvalue weighted by Crippen LogP contribution is 2.23. The van der Waals surface area contributed by atoms with Gasteiger partial charge in [-0.2, -0.15) is 0 Å². The van der Waals surface area contributed by atoms with Crippen LogP contribution in [0, 0.1) is 0 Å². The second-order valence-corrected chi connectivity index (χ2v) is 5.55. The smallest absolute Gasteiger partial charge is 0.253 e. The van der Waals surface area contributed by atoms with Gasteiger partial charge >= 0.3 is 0 Å². The van der Waals surface area contributed by atoms with Crippen LogP contribution in [-0.4, -0.2) is 36.3 Å². The van der Waals surface area contributed by atoms with Gasteiger partial charge in [-0.15, -0.1) is 0 Å². The maximum atomic E-state index is 12.5. The Morgan fingerprint density at radius 2 is 1.80 bits per heavy atom. The fourth-order valence-electron chi connectivity index (χ4n) is 3.01. The molecule has 2 fully saturated rings. The molecule has 2 saturated heterocycles. The third-order valence-electron chi connectivity index (χ3n) is 4.12. The summed E-state index contributed by atoms with van der Waals surface area (Å²) in [4.78, 5) is 28.0. The maximum Gasteiger partial charge on any atom is 0.253 e. The van der Waals surface area contributed by atoms with Crippen molar-refractivity contribution in [3.05, 3.63) is 29.8 Å². The molecular formula is C16H20N2O2. The lowest BCUT2D eigenvalue weighted by molar-refractivity contribution is -0.117. The highest BCUT2D eigenvalue weighted by atomic mass is 16.2. The average Bonchev–Trinajstić information content (AvgIpc) is 2.94. The van der Waals surface area contributed by atoms with Crippen molar-refractivity contribution in [2.75, 3.05) is 24.5 Å². The second-order valence-electron chi connectivity index (χ2n) is 5.55. The number of amides is 2. The number of hydrogen-bond donors (Lipinski definition) is 0. The molecular weight excluding hydrogens is 252 g/mol. The summed E-state index contributed by atoms with van der Waals surface area (Å²) in [5, 5.41) is 0. The van der Waals surface area contributed by atoms with Gasteiger partial charge in [0.15, 0.2) is 0 Å². The van der Waals surface area contributed by atoms with Gasteiger partial charge in [-0.05, 0) is 43.9 Å². The lowest BCUT2D eigenvalue weighted by Gasteiger charge is -2.27. The number of hydrogen-bond acceptors (Lipinski definition) is 2. The molecule has 3 rings (SSSR count). The van der Waals surface area contributed by atoms with Gasteiger partial charge in [0.05, 0.1) is 0 Å². The Labute approximate surface area is 119 Å². The summed E-state index contributed by atoms with van der Waals surface area (Å²) in [5.74, 6) is 0.255. The van der Waals surface area contributed by atoms with Gasteiger partial charge in [0.1, 0.15) is 0 Å². The normalized spacial score (nSPS) is 19.5. The zero-order chi connectivity index (χ0) is 13.9. The Balaban J connectivity index is 1.79. The number of anilines is 1. The molecule has 0 N–H and O–H groups in total. The summed E-state index contributed by atoms with van der Waals surface area (Å²) in [6.07, 6.45) is 4.92. The Bertz CT molecular complexity index is 521. The van der Waals surface area contributed by atoms with E-state index in [9.17, 15) is 9.59 Å². The van der Waals surface area contributed by atoms with Gasteiger partial charge < -0.3 is 9.80 Å². The zero-order valence-electron chi connectivity index (χ0n) is 11.7. The summed E-state index contributed by atoms with van der Waals surface area (Å²) in [5.41, 5.74) is 1.56. The predicted molar refractivity (Wildman–Crippen MR) is 77.8 cm³/mol. The van der Waals surface area contributed by atoms with E-state index in [1.54, 1.807) is 4.90 Å². The van der Waals surface area contributed by atoms with Crippen LogP contribution in [0.4, 0.5) is 5.69 Å². The first-order valence-corrected chi connectivity index (χ1v) is 7.45. The molecule has 0 aromatic heterocycles. The average molecular weight is 272 g/mol. The third-order valence-corrected chi connectivity index (χ3v) is 4.12. The molecule has 106 valence electrons. The van der Waals surface area contributed by atoms with E-state index in [-0.39, 0.29) is 11.8 Å². The lowest BCUT2D eigenvalue weighted by atomic mass is 10.1. The van der Waals surface area contributed by atoms with Crippen LogP contribution in [0.15, 0.2) is 24.3 Å². The van der Waals surface area contributed by atoms with Crippen molar-refractivity contribution in [3.8, 4) is 0 Å². The summed E-state index contributed by atoms with van der Waals surface area (Å²) in [7, 11) is 0. The first-order chi connectivity index (χ1) is 9.75. The Kier molecular flexibility index (Phi) is 3.72. The van der Waals surface area contributed by atoms with Crippen LogP contribution < -0.4 is 4.90 Å². The molecule has 0 radical (unpaired) electrons. The van der Waals surface area contributed by atoms with Crippen molar-refractivity contribution in [1.82, 2.24) is 4.90 Å². The minimum atomic E-state index is 0.0956. The van der Waals surface area contributed by atoms with E-state index in [2.05, 4.69) is 0 Å². The summed E-state index contributed by atoms with van der Waals surface area (Å²) in [6, 6.07) is 7.50. The van der Waals surface area contributed by atoms with Crippen LogP contribution in [-0.2, 0) is 4.79 Å². The van der Waals surface area contributed by atoms with Gasteiger partial charge in [-0.3, -0.25) is 9.59 Å². The van der Waals surface area contributed by atoms with E-state index in [4.69, 9.17) is 0 Å². The van der Waals surface area contributed by atoms with Crippen molar-refractivity contribution in [3.63, 3.8) is 0 Å². The molecule has 0 atom stereocenters. The largest absolute Gasteiger partial charge is 0.339 e. The van der Waals surface area contributed by atoms with Crippen LogP contribution in [0.2, 0.25) is 0 Å². The first-order valence-electron chi connectivity index (χ1n) is 7.45.